The van der Waals surface area contributed by atoms with Crippen molar-refractivity contribution in [1.82, 2.24) is 9.78 Å². The first-order valence-corrected chi connectivity index (χ1v) is 4.05. The molecule has 0 aliphatic heterocycles. The second-order valence-corrected chi connectivity index (χ2v) is 3.03. The molecule has 4 heteroatoms. The summed E-state index contributed by atoms with van der Waals surface area (Å²) in [5.74, 6) is 0. The summed E-state index contributed by atoms with van der Waals surface area (Å²) < 4.78 is 1.85. The van der Waals surface area contributed by atoms with Crippen LogP contribution < -0.4 is 0 Å². The number of aromatic nitrogens is 2. The second kappa shape index (κ2) is 2.62. The minimum Gasteiger partial charge on any atom is -0.411 e. The van der Waals surface area contributed by atoms with E-state index in [-0.39, 0.29) is 0 Å². The third kappa shape index (κ3) is 0.913. The van der Waals surface area contributed by atoms with Crippen LogP contribution in [0.4, 0.5) is 0 Å². The molecule has 4 nitrogen and oxygen atoms in total. The number of nitrogens with zero attached hydrogens (tertiary/aromatic N) is 3. The van der Waals surface area contributed by atoms with Gasteiger partial charge >= 0.3 is 0 Å². The Balaban J connectivity index is 2.53. The summed E-state index contributed by atoms with van der Waals surface area (Å²) in [6.07, 6.45) is 4.70. The van der Waals surface area contributed by atoms with E-state index >= 15 is 0 Å². The number of aryl methyl sites for hydroxylation is 1. The van der Waals surface area contributed by atoms with Gasteiger partial charge in [-0.15, -0.1) is 0 Å². The van der Waals surface area contributed by atoms with E-state index in [0.717, 1.165) is 30.5 Å². The smallest absolute Gasteiger partial charge is 0.0902 e. The van der Waals surface area contributed by atoms with Crippen molar-refractivity contribution in [3.8, 4) is 0 Å². The van der Waals surface area contributed by atoms with Crippen molar-refractivity contribution in [2.75, 3.05) is 0 Å². The zero-order valence-corrected chi connectivity index (χ0v) is 6.99. The van der Waals surface area contributed by atoms with Gasteiger partial charge in [-0.2, -0.15) is 5.10 Å². The van der Waals surface area contributed by atoms with Crippen LogP contribution in [0.5, 0.6) is 0 Å². The molecule has 0 aromatic carbocycles. The van der Waals surface area contributed by atoms with Crippen molar-refractivity contribution in [2.45, 2.75) is 19.3 Å². The highest BCUT2D eigenvalue weighted by molar-refractivity contribution is 6.01. The molecule has 0 radical (unpaired) electrons. The lowest BCUT2D eigenvalue weighted by atomic mass is 9.96. The van der Waals surface area contributed by atoms with E-state index in [1.165, 1.54) is 5.69 Å². The lowest BCUT2D eigenvalue weighted by Gasteiger charge is -2.12. The van der Waals surface area contributed by atoms with Gasteiger partial charge < -0.3 is 5.21 Å². The number of hydrogen-bond acceptors (Lipinski definition) is 3. The van der Waals surface area contributed by atoms with E-state index in [2.05, 4.69) is 10.3 Å². The Kier molecular flexibility index (Phi) is 1.60. The second-order valence-electron chi connectivity index (χ2n) is 3.03. The van der Waals surface area contributed by atoms with Gasteiger partial charge in [-0.1, -0.05) is 5.16 Å². The Bertz CT molecular complexity index is 327. The summed E-state index contributed by atoms with van der Waals surface area (Å²) in [4.78, 5) is 0. The quantitative estimate of drug-likeness (QED) is 0.459. The molecule has 0 spiro atoms. The van der Waals surface area contributed by atoms with Gasteiger partial charge in [0.1, 0.15) is 0 Å². The zero-order chi connectivity index (χ0) is 8.55. The monoisotopic (exact) mass is 165 g/mol. The molecule has 0 amide bonds. The fourth-order valence-corrected chi connectivity index (χ4v) is 1.66. The van der Waals surface area contributed by atoms with Crippen LogP contribution in [0.25, 0.3) is 0 Å². The van der Waals surface area contributed by atoms with E-state index in [1.807, 2.05) is 11.7 Å². The first-order chi connectivity index (χ1) is 5.83. The van der Waals surface area contributed by atoms with E-state index in [9.17, 15) is 0 Å². The predicted molar refractivity (Wildman–Crippen MR) is 44.5 cm³/mol. The Morgan fingerprint density at radius 3 is 3.17 bits per heavy atom. The highest BCUT2D eigenvalue weighted by atomic mass is 16.4. The first kappa shape index (κ1) is 7.34. The van der Waals surface area contributed by atoms with Crippen molar-refractivity contribution < 1.29 is 5.21 Å². The minimum absolute atomic E-state index is 0.768. The van der Waals surface area contributed by atoms with Gasteiger partial charge in [0.25, 0.3) is 0 Å². The predicted octanol–water partition coefficient (Wildman–Crippen LogP) is 0.935. The highest BCUT2D eigenvalue weighted by Crippen LogP contribution is 2.20. The number of oxime groups is 1. The zero-order valence-electron chi connectivity index (χ0n) is 6.99. The molecule has 0 saturated carbocycles. The number of rotatable bonds is 0. The van der Waals surface area contributed by atoms with E-state index in [4.69, 9.17) is 5.21 Å². The van der Waals surface area contributed by atoms with Gasteiger partial charge in [0, 0.05) is 18.3 Å². The molecule has 0 bridgehead atoms. The van der Waals surface area contributed by atoms with Crippen LogP contribution in [0.2, 0.25) is 0 Å². The molecular formula is C8H11N3O. The van der Waals surface area contributed by atoms with Crippen molar-refractivity contribution in [3.63, 3.8) is 0 Å². The van der Waals surface area contributed by atoms with E-state index in [1.54, 1.807) is 6.20 Å². The standard InChI is InChI=1S/C8H11N3O/c1-11-8-4-2-3-7(10-12)6(8)5-9-11/h5,12H,2-4H2,1H3/b10-7+. The number of hydrogen-bond donors (Lipinski definition) is 1. The van der Waals surface area contributed by atoms with E-state index < -0.39 is 0 Å². The minimum atomic E-state index is 0.768. The first-order valence-electron chi connectivity index (χ1n) is 4.05. The summed E-state index contributed by atoms with van der Waals surface area (Å²) in [6.45, 7) is 0. The lowest BCUT2D eigenvalue weighted by Crippen LogP contribution is -2.12. The van der Waals surface area contributed by atoms with Crippen molar-refractivity contribution >= 4 is 5.71 Å². The maximum absolute atomic E-state index is 8.70. The van der Waals surface area contributed by atoms with Crippen LogP contribution in [-0.4, -0.2) is 20.7 Å². The molecule has 1 aliphatic carbocycles. The average molecular weight is 165 g/mol. The van der Waals surface area contributed by atoms with Crippen molar-refractivity contribution in [1.29, 1.82) is 0 Å². The number of fused-ring (bicyclic) bond motifs is 1. The van der Waals surface area contributed by atoms with E-state index in [0.29, 0.717) is 0 Å². The molecule has 12 heavy (non-hydrogen) atoms. The van der Waals surface area contributed by atoms with Crippen LogP contribution in [0, 0.1) is 0 Å². The van der Waals surface area contributed by atoms with Crippen LogP contribution in [0.1, 0.15) is 24.1 Å². The Labute approximate surface area is 70.5 Å². The molecule has 0 unspecified atom stereocenters. The molecule has 1 aliphatic rings. The molecule has 1 N–H and O–H groups in total. The van der Waals surface area contributed by atoms with Crippen LogP contribution in [-0.2, 0) is 13.5 Å². The third-order valence-electron chi connectivity index (χ3n) is 2.32. The highest BCUT2D eigenvalue weighted by Gasteiger charge is 2.19. The maximum Gasteiger partial charge on any atom is 0.0902 e. The SMILES string of the molecule is Cn1ncc2c1CCC/C2=N\O. The van der Waals surface area contributed by atoms with Crippen LogP contribution >= 0.6 is 0 Å². The fourth-order valence-electron chi connectivity index (χ4n) is 1.66. The Hall–Kier alpha value is -1.32. The molecule has 1 heterocycles. The van der Waals surface area contributed by atoms with Crippen molar-refractivity contribution in [2.24, 2.45) is 12.2 Å². The lowest BCUT2D eigenvalue weighted by molar-refractivity contribution is 0.317. The van der Waals surface area contributed by atoms with Gasteiger partial charge in [-0.25, -0.2) is 0 Å². The largest absolute Gasteiger partial charge is 0.411 e. The van der Waals surface area contributed by atoms with Gasteiger partial charge in [0.2, 0.25) is 0 Å². The Morgan fingerprint density at radius 1 is 1.58 bits per heavy atom. The van der Waals surface area contributed by atoms with Gasteiger partial charge in [-0.05, 0) is 19.3 Å². The molecule has 0 saturated heterocycles. The van der Waals surface area contributed by atoms with Crippen molar-refractivity contribution in [3.05, 3.63) is 17.5 Å². The summed E-state index contributed by atoms with van der Waals surface area (Å²) in [6, 6.07) is 0. The van der Waals surface area contributed by atoms with Gasteiger partial charge in [0.15, 0.2) is 0 Å². The molecule has 64 valence electrons. The summed E-state index contributed by atoms with van der Waals surface area (Å²) in [5.41, 5.74) is 2.95. The van der Waals surface area contributed by atoms with Crippen LogP contribution in [0.3, 0.4) is 0 Å². The molecule has 0 atom stereocenters. The van der Waals surface area contributed by atoms with Gasteiger partial charge in [0.05, 0.1) is 11.9 Å². The van der Waals surface area contributed by atoms with Crippen LogP contribution in [0.15, 0.2) is 11.4 Å². The topological polar surface area (TPSA) is 50.4 Å². The normalized spacial score (nSPS) is 19.6. The van der Waals surface area contributed by atoms with Gasteiger partial charge in [-0.3, -0.25) is 4.68 Å². The maximum atomic E-state index is 8.70. The molecule has 2 rings (SSSR count). The summed E-state index contributed by atoms with van der Waals surface area (Å²) >= 11 is 0. The molecule has 1 aromatic heterocycles. The summed E-state index contributed by atoms with van der Waals surface area (Å²) in [5, 5.41) is 16.1. The molecule has 0 fully saturated rings. The molecule has 1 aromatic rings. The fraction of sp³-hybridized carbons (Fsp3) is 0.500. The summed E-state index contributed by atoms with van der Waals surface area (Å²) in [7, 11) is 1.92. The Morgan fingerprint density at radius 2 is 2.42 bits per heavy atom. The average Bonchev–Trinajstić information content (AvgIpc) is 2.48. The third-order valence-corrected chi connectivity index (χ3v) is 2.32. The molecular weight excluding hydrogens is 154 g/mol.